The lowest BCUT2D eigenvalue weighted by Gasteiger charge is -2.35. The van der Waals surface area contributed by atoms with E-state index in [4.69, 9.17) is 5.11 Å². The molecule has 2 aliphatic heterocycles. The van der Waals surface area contributed by atoms with Crippen molar-refractivity contribution >= 4 is 0 Å². The van der Waals surface area contributed by atoms with Gasteiger partial charge in [0.2, 0.25) is 0 Å². The Morgan fingerprint density at radius 2 is 1.87 bits per heavy atom. The number of aliphatic hydroxyl groups is 1. The number of aliphatic hydroxyl groups excluding tert-OH is 1. The summed E-state index contributed by atoms with van der Waals surface area (Å²) in [5.74, 6) is 0. The maximum absolute atomic E-state index is 9.09. The molecule has 15 heavy (non-hydrogen) atoms. The van der Waals surface area contributed by atoms with E-state index in [0.717, 1.165) is 26.3 Å². The van der Waals surface area contributed by atoms with Crippen LogP contribution in [0.2, 0.25) is 0 Å². The first kappa shape index (κ1) is 11.3. The Morgan fingerprint density at radius 1 is 1.13 bits per heavy atom. The van der Waals surface area contributed by atoms with E-state index in [9.17, 15) is 0 Å². The minimum Gasteiger partial charge on any atom is -0.390 e. The highest BCUT2D eigenvalue weighted by atomic mass is 16.3. The maximum atomic E-state index is 9.09. The number of hydrogen-bond acceptors (Lipinski definition) is 4. The fourth-order valence-electron chi connectivity index (χ4n) is 2.34. The van der Waals surface area contributed by atoms with Crippen molar-refractivity contribution in [3.8, 4) is 0 Å². The highest BCUT2D eigenvalue weighted by molar-refractivity contribution is 4.77. The van der Waals surface area contributed by atoms with Gasteiger partial charge in [-0.2, -0.15) is 0 Å². The maximum Gasteiger partial charge on any atom is 0.0794 e. The summed E-state index contributed by atoms with van der Waals surface area (Å²) in [6.45, 7) is 7.59. The van der Waals surface area contributed by atoms with Gasteiger partial charge in [0.05, 0.1) is 6.10 Å². The van der Waals surface area contributed by atoms with Gasteiger partial charge in [-0.15, -0.1) is 0 Å². The first-order valence-corrected chi connectivity index (χ1v) is 6.18. The van der Waals surface area contributed by atoms with Crippen molar-refractivity contribution in [3.63, 3.8) is 0 Å². The molecular weight excluding hydrogens is 190 g/mol. The van der Waals surface area contributed by atoms with Crippen molar-refractivity contribution in [2.75, 3.05) is 45.9 Å². The molecular formula is C11H23N3O. The Hall–Kier alpha value is -0.160. The Kier molecular flexibility index (Phi) is 4.38. The summed E-state index contributed by atoms with van der Waals surface area (Å²) in [6, 6.07) is 0. The van der Waals surface area contributed by atoms with E-state index in [0.29, 0.717) is 0 Å². The van der Waals surface area contributed by atoms with Crippen LogP contribution in [0.3, 0.4) is 0 Å². The van der Waals surface area contributed by atoms with Crippen LogP contribution in [-0.4, -0.2) is 66.9 Å². The Balaban J connectivity index is 1.39. The fourth-order valence-corrected chi connectivity index (χ4v) is 2.34. The van der Waals surface area contributed by atoms with Gasteiger partial charge in [-0.3, -0.25) is 4.90 Å². The molecule has 88 valence electrons. The number of hydrogen-bond donors (Lipinski definition) is 2. The van der Waals surface area contributed by atoms with Crippen molar-refractivity contribution < 1.29 is 5.11 Å². The van der Waals surface area contributed by atoms with E-state index in [-0.39, 0.29) is 6.10 Å². The van der Waals surface area contributed by atoms with Crippen molar-refractivity contribution in [2.24, 2.45) is 0 Å². The van der Waals surface area contributed by atoms with Crippen molar-refractivity contribution in [1.82, 2.24) is 15.1 Å². The summed E-state index contributed by atoms with van der Waals surface area (Å²) in [6.07, 6.45) is 3.95. The van der Waals surface area contributed by atoms with Gasteiger partial charge in [0.25, 0.3) is 0 Å². The largest absolute Gasteiger partial charge is 0.390 e. The van der Waals surface area contributed by atoms with Gasteiger partial charge in [0, 0.05) is 19.8 Å². The number of rotatable bonds is 6. The zero-order valence-corrected chi connectivity index (χ0v) is 9.49. The van der Waals surface area contributed by atoms with Crippen LogP contribution in [-0.2, 0) is 0 Å². The summed E-state index contributed by atoms with van der Waals surface area (Å²) in [5, 5.41) is 12.5. The minimum absolute atomic E-state index is 0.0728. The summed E-state index contributed by atoms with van der Waals surface area (Å²) in [4.78, 5) is 4.79. The monoisotopic (exact) mass is 213 g/mol. The third kappa shape index (κ3) is 3.72. The molecule has 0 atom stereocenters. The molecule has 0 aromatic carbocycles. The van der Waals surface area contributed by atoms with Gasteiger partial charge < -0.3 is 15.3 Å². The van der Waals surface area contributed by atoms with Crippen molar-refractivity contribution in [3.05, 3.63) is 0 Å². The lowest BCUT2D eigenvalue weighted by molar-refractivity contribution is -0.00233. The Morgan fingerprint density at radius 3 is 2.53 bits per heavy atom. The van der Waals surface area contributed by atoms with Gasteiger partial charge in [-0.05, 0) is 45.4 Å². The van der Waals surface area contributed by atoms with Crippen LogP contribution in [0.15, 0.2) is 0 Å². The second-order valence-corrected chi connectivity index (χ2v) is 4.75. The van der Waals surface area contributed by atoms with E-state index < -0.39 is 0 Å². The molecule has 0 unspecified atom stereocenters. The zero-order valence-electron chi connectivity index (χ0n) is 9.49. The first-order valence-electron chi connectivity index (χ1n) is 6.18. The zero-order chi connectivity index (χ0) is 10.5. The molecule has 0 aromatic rings. The summed E-state index contributed by atoms with van der Waals surface area (Å²) in [5.41, 5.74) is 0. The fraction of sp³-hybridized carbons (Fsp3) is 1.00. The molecule has 0 amide bonds. The third-order valence-electron chi connectivity index (χ3n) is 3.30. The minimum atomic E-state index is -0.0728. The lowest BCUT2D eigenvalue weighted by atomic mass is 10.2. The number of nitrogens with one attached hydrogen (secondary N) is 1. The van der Waals surface area contributed by atoms with Gasteiger partial charge >= 0.3 is 0 Å². The molecule has 2 heterocycles. The molecule has 2 rings (SSSR count). The van der Waals surface area contributed by atoms with E-state index in [1.165, 1.54) is 38.9 Å². The van der Waals surface area contributed by atoms with E-state index in [1.807, 2.05) is 0 Å². The topological polar surface area (TPSA) is 38.7 Å². The molecule has 2 saturated heterocycles. The van der Waals surface area contributed by atoms with Gasteiger partial charge in [-0.1, -0.05) is 0 Å². The van der Waals surface area contributed by atoms with Crippen LogP contribution in [0.25, 0.3) is 0 Å². The number of nitrogens with zero attached hydrogens (tertiary/aromatic N) is 2. The molecule has 0 radical (unpaired) electrons. The van der Waals surface area contributed by atoms with E-state index in [1.54, 1.807) is 0 Å². The SMILES string of the molecule is OC1CN(CNCCCN2CCCC2)C1. The third-order valence-corrected chi connectivity index (χ3v) is 3.30. The van der Waals surface area contributed by atoms with Gasteiger partial charge in [0.1, 0.15) is 0 Å². The predicted molar refractivity (Wildman–Crippen MR) is 60.7 cm³/mol. The van der Waals surface area contributed by atoms with Gasteiger partial charge in [0.15, 0.2) is 0 Å². The Labute approximate surface area is 92.2 Å². The first-order chi connectivity index (χ1) is 7.34. The summed E-state index contributed by atoms with van der Waals surface area (Å²) >= 11 is 0. The number of likely N-dealkylation sites (tertiary alicyclic amines) is 2. The highest BCUT2D eigenvalue weighted by Crippen LogP contribution is 2.07. The van der Waals surface area contributed by atoms with Crippen molar-refractivity contribution in [2.45, 2.75) is 25.4 Å². The molecule has 0 aliphatic carbocycles. The van der Waals surface area contributed by atoms with Crippen molar-refractivity contribution in [1.29, 1.82) is 0 Å². The van der Waals surface area contributed by atoms with Crippen LogP contribution >= 0.6 is 0 Å². The molecule has 0 saturated carbocycles. The highest BCUT2D eigenvalue weighted by Gasteiger charge is 2.22. The normalized spacial score (nSPS) is 24.6. The van der Waals surface area contributed by atoms with Crippen LogP contribution in [0.5, 0.6) is 0 Å². The molecule has 2 N–H and O–H groups in total. The molecule has 4 nitrogen and oxygen atoms in total. The van der Waals surface area contributed by atoms with Crippen LogP contribution in [0.4, 0.5) is 0 Å². The van der Waals surface area contributed by atoms with Crippen LogP contribution in [0, 0.1) is 0 Å². The second kappa shape index (κ2) is 5.80. The Bertz CT molecular complexity index is 177. The molecule has 0 aromatic heterocycles. The van der Waals surface area contributed by atoms with E-state index in [2.05, 4.69) is 15.1 Å². The molecule has 2 fully saturated rings. The van der Waals surface area contributed by atoms with Gasteiger partial charge in [-0.25, -0.2) is 0 Å². The molecule has 4 heteroatoms. The summed E-state index contributed by atoms with van der Waals surface area (Å²) < 4.78 is 0. The second-order valence-electron chi connectivity index (χ2n) is 4.75. The van der Waals surface area contributed by atoms with Crippen LogP contribution < -0.4 is 5.32 Å². The van der Waals surface area contributed by atoms with E-state index >= 15 is 0 Å². The smallest absolute Gasteiger partial charge is 0.0794 e. The lowest BCUT2D eigenvalue weighted by Crippen LogP contribution is -2.53. The quantitative estimate of drug-likeness (QED) is 0.594. The predicted octanol–water partition coefficient (Wildman–Crippen LogP) is -0.304. The standard InChI is InChI=1S/C11H23N3O/c15-11-8-14(9-11)10-12-4-3-7-13-5-1-2-6-13/h11-12,15H,1-10H2. The summed E-state index contributed by atoms with van der Waals surface area (Å²) in [7, 11) is 0. The molecule has 2 aliphatic rings. The average molecular weight is 213 g/mol. The average Bonchev–Trinajstić information content (AvgIpc) is 2.67. The van der Waals surface area contributed by atoms with Crippen LogP contribution in [0.1, 0.15) is 19.3 Å². The molecule has 0 spiro atoms. The number of β-amino-alcohol motifs (C(OH)–C–C–N with tert-alkyl or cyclic N) is 1. The molecule has 0 bridgehead atoms.